The van der Waals surface area contributed by atoms with Gasteiger partial charge in [-0.15, -0.1) is 0 Å². The molecule has 142 valence electrons. The van der Waals surface area contributed by atoms with Crippen molar-refractivity contribution in [2.75, 3.05) is 31.7 Å². The zero-order chi connectivity index (χ0) is 19.1. The Labute approximate surface area is 163 Å². The van der Waals surface area contributed by atoms with Crippen molar-refractivity contribution in [1.82, 2.24) is 4.98 Å². The van der Waals surface area contributed by atoms with E-state index in [4.69, 9.17) is 9.47 Å². The lowest BCUT2D eigenvalue weighted by Crippen LogP contribution is -2.24. The van der Waals surface area contributed by atoms with Gasteiger partial charge in [-0.1, -0.05) is 30.0 Å². The fraction of sp³-hybridized carbons (Fsp3) is 0.350. The number of thioether (sulfide) groups is 1. The highest BCUT2D eigenvalue weighted by Crippen LogP contribution is 2.27. The fourth-order valence-electron chi connectivity index (χ4n) is 2.61. The van der Waals surface area contributed by atoms with Crippen molar-refractivity contribution in [1.29, 1.82) is 0 Å². The number of carbonyl (C=O) groups excluding carboxylic acids is 1. The number of pyridine rings is 1. The smallest absolute Gasteiger partial charge is 0.263 e. The van der Waals surface area contributed by atoms with E-state index in [2.05, 4.69) is 9.98 Å². The molecule has 0 saturated heterocycles. The molecular formula is C20H23N3O3S. The number of ether oxygens (including phenoxy) is 2. The van der Waals surface area contributed by atoms with Crippen molar-refractivity contribution >= 4 is 28.7 Å². The number of nitrogens with zero attached hydrogens (tertiary/aromatic N) is 3. The van der Waals surface area contributed by atoms with Crippen LogP contribution in [0.3, 0.4) is 0 Å². The standard InChI is InChI=1S/C20H23N3O3S/c1-3-25-20-22-19(24)17(27-20)14-15-7-9-16(10-8-15)26-13-12-23(2)18-6-4-5-11-21-18/h4-11,17H,3,12-14H2,1-2H3. The summed E-state index contributed by atoms with van der Waals surface area (Å²) >= 11 is 1.39. The molecule has 7 heteroatoms. The van der Waals surface area contributed by atoms with Gasteiger partial charge in [0.05, 0.1) is 18.4 Å². The molecule has 0 radical (unpaired) electrons. The number of aliphatic imine (C=N–C) groups is 1. The highest BCUT2D eigenvalue weighted by molar-refractivity contribution is 8.15. The quantitative estimate of drug-likeness (QED) is 0.695. The Morgan fingerprint density at radius 1 is 1.15 bits per heavy atom. The van der Waals surface area contributed by atoms with Crippen molar-refractivity contribution in [3.05, 3.63) is 54.2 Å². The molecule has 6 nitrogen and oxygen atoms in total. The predicted octanol–water partition coefficient (Wildman–Crippen LogP) is 3.17. The molecule has 0 aliphatic carbocycles. The van der Waals surface area contributed by atoms with E-state index in [1.807, 2.05) is 61.3 Å². The van der Waals surface area contributed by atoms with E-state index in [1.165, 1.54) is 11.8 Å². The molecule has 0 saturated carbocycles. The van der Waals surface area contributed by atoms with Gasteiger partial charge in [0.15, 0.2) is 0 Å². The van der Waals surface area contributed by atoms with Gasteiger partial charge in [0.25, 0.3) is 11.1 Å². The van der Waals surface area contributed by atoms with Gasteiger partial charge in [-0.2, -0.15) is 4.99 Å². The first-order chi connectivity index (χ1) is 13.2. The largest absolute Gasteiger partial charge is 0.492 e. The van der Waals surface area contributed by atoms with Gasteiger partial charge in [0.2, 0.25) is 0 Å². The van der Waals surface area contributed by atoms with E-state index in [0.717, 1.165) is 23.7 Å². The molecule has 3 rings (SSSR count). The third kappa shape index (κ3) is 5.47. The first-order valence-electron chi connectivity index (χ1n) is 8.91. The highest BCUT2D eigenvalue weighted by Gasteiger charge is 2.29. The molecule has 2 heterocycles. The predicted molar refractivity (Wildman–Crippen MR) is 109 cm³/mol. The molecule has 0 fully saturated rings. The number of hydrogen-bond acceptors (Lipinski definition) is 6. The zero-order valence-electron chi connectivity index (χ0n) is 15.5. The van der Waals surface area contributed by atoms with E-state index in [-0.39, 0.29) is 11.2 Å². The molecular weight excluding hydrogens is 362 g/mol. The molecule has 1 amide bonds. The normalized spacial score (nSPS) is 16.1. The van der Waals surface area contributed by atoms with Crippen molar-refractivity contribution in [2.24, 2.45) is 4.99 Å². The van der Waals surface area contributed by atoms with Crippen LogP contribution < -0.4 is 9.64 Å². The average molecular weight is 385 g/mol. The Hall–Kier alpha value is -2.54. The van der Waals surface area contributed by atoms with Crippen LogP contribution in [-0.2, 0) is 16.0 Å². The number of aromatic nitrogens is 1. The third-order valence-electron chi connectivity index (χ3n) is 4.07. The maximum atomic E-state index is 11.9. The topological polar surface area (TPSA) is 64.0 Å². The number of carbonyl (C=O) groups is 1. The average Bonchev–Trinajstić information content (AvgIpc) is 3.03. The Kier molecular flexibility index (Phi) is 6.70. The van der Waals surface area contributed by atoms with Crippen molar-refractivity contribution in [3.8, 4) is 5.75 Å². The Morgan fingerprint density at radius 3 is 2.67 bits per heavy atom. The van der Waals surface area contributed by atoms with Crippen LogP contribution in [0.2, 0.25) is 0 Å². The summed E-state index contributed by atoms with van der Waals surface area (Å²) in [4.78, 5) is 22.2. The number of hydrogen-bond donors (Lipinski definition) is 0. The van der Waals surface area contributed by atoms with Crippen molar-refractivity contribution in [3.63, 3.8) is 0 Å². The fourth-order valence-corrected chi connectivity index (χ4v) is 3.61. The number of amides is 1. The lowest BCUT2D eigenvalue weighted by molar-refractivity contribution is -0.117. The molecule has 1 aliphatic heterocycles. The molecule has 0 spiro atoms. The van der Waals surface area contributed by atoms with Crippen molar-refractivity contribution < 1.29 is 14.3 Å². The number of likely N-dealkylation sites (N-methyl/N-ethyl adjacent to an activating group) is 1. The van der Waals surface area contributed by atoms with E-state index >= 15 is 0 Å². The van der Waals surface area contributed by atoms with E-state index < -0.39 is 0 Å². The number of benzene rings is 1. The second-order valence-corrected chi connectivity index (χ2v) is 7.22. The Morgan fingerprint density at radius 2 is 1.96 bits per heavy atom. The highest BCUT2D eigenvalue weighted by atomic mass is 32.2. The summed E-state index contributed by atoms with van der Waals surface area (Å²) in [5.41, 5.74) is 1.08. The Balaban J connectivity index is 1.45. The van der Waals surface area contributed by atoms with Crippen LogP contribution in [-0.4, -0.2) is 48.2 Å². The monoisotopic (exact) mass is 385 g/mol. The summed E-state index contributed by atoms with van der Waals surface area (Å²) in [5, 5.41) is 0.273. The third-order valence-corrected chi connectivity index (χ3v) is 5.13. The second-order valence-electron chi connectivity index (χ2n) is 6.06. The summed E-state index contributed by atoms with van der Waals surface area (Å²) in [6.07, 6.45) is 2.41. The van der Waals surface area contributed by atoms with Gasteiger partial charge >= 0.3 is 0 Å². The number of rotatable bonds is 8. The molecule has 1 unspecified atom stereocenters. The second kappa shape index (κ2) is 9.41. The SMILES string of the molecule is CCOC1=NC(=O)C(Cc2ccc(OCCN(C)c3ccccn3)cc2)S1. The van der Waals surface area contributed by atoms with Crippen LogP contribution >= 0.6 is 11.8 Å². The van der Waals surface area contributed by atoms with Crippen LogP contribution in [0.1, 0.15) is 12.5 Å². The van der Waals surface area contributed by atoms with Crippen LogP contribution in [0, 0.1) is 0 Å². The first kappa shape index (κ1) is 19.2. The molecule has 27 heavy (non-hydrogen) atoms. The van der Waals surface area contributed by atoms with E-state index in [1.54, 1.807) is 6.20 Å². The molecule has 1 aliphatic rings. The zero-order valence-corrected chi connectivity index (χ0v) is 16.3. The molecule has 0 N–H and O–H groups in total. The Bertz CT molecular complexity index is 781. The van der Waals surface area contributed by atoms with Gasteiger partial charge < -0.3 is 14.4 Å². The van der Waals surface area contributed by atoms with Crippen LogP contribution in [0.25, 0.3) is 0 Å². The van der Waals surface area contributed by atoms with Gasteiger partial charge in [0, 0.05) is 13.2 Å². The maximum Gasteiger partial charge on any atom is 0.263 e. The van der Waals surface area contributed by atoms with Gasteiger partial charge in [-0.05, 0) is 43.2 Å². The number of anilines is 1. The van der Waals surface area contributed by atoms with Crippen LogP contribution in [0.15, 0.2) is 53.7 Å². The van der Waals surface area contributed by atoms with Crippen molar-refractivity contribution in [2.45, 2.75) is 18.6 Å². The summed E-state index contributed by atoms with van der Waals surface area (Å²) in [5.74, 6) is 1.61. The van der Waals surface area contributed by atoms with Gasteiger partial charge in [0.1, 0.15) is 18.2 Å². The molecule has 1 aromatic carbocycles. The lowest BCUT2D eigenvalue weighted by atomic mass is 10.1. The van der Waals surface area contributed by atoms with Gasteiger partial charge in [-0.3, -0.25) is 4.79 Å². The van der Waals surface area contributed by atoms with E-state index in [0.29, 0.717) is 24.9 Å². The molecule has 0 bridgehead atoms. The minimum atomic E-state index is -0.203. The van der Waals surface area contributed by atoms with Crippen LogP contribution in [0.5, 0.6) is 5.75 Å². The van der Waals surface area contributed by atoms with E-state index in [9.17, 15) is 4.79 Å². The molecule has 1 aromatic heterocycles. The summed E-state index contributed by atoms with van der Waals surface area (Å²) in [6.45, 7) is 3.71. The molecule has 2 aromatic rings. The lowest BCUT2D eigenvalue weighted by Gasteiger charge is -2.18. The summed E-state index contributed by atoms with van der Waals surface area (Å²) in [7, 11) is 1.99. The van der Waals surface area contributed by atoms with Crippen LogP contribution in [0.4, 0.5) is 5.82 Å². The van der Waals surface area contributed by atoms with Gasteiger partial charge in [-0.25, -0.2) is 4.98 Å². The minimum Gasteiger partial charge on any atom is -0.492 e. The molecule has 1 atom stereocenters. The first-order valence-corrected chi connectivity index (χ1v) is 9.79. The maximum absolute atomic E-state index is 11.9. The minimum absolute atomic E-state index is 0.124. The summed E-state index contributed by atoms with van der Waals surface area (Å²) < 4.78 is 11.1. The summed E-state index contributed by atoms with van der Waals surface area (Å²) in [6, 6.07) is 13.7.